The molecular weight excluding hydrogens is 332 g/mol. The van der Waals surface area contributed by atoms with Gasteiger partial charge >= 0.3 is 5.97 Å². The van der Waals surface area contributed by atoms with E-state index < -0.39 is 5.97 Å². The van der Waals surface area contributed by atoms with Crippen molar-refractivity contribution in [1.82, 2.24) is 9.97 Å². The fraction of sp³-hybridized carbons (Fsp3) is 0.421. The Morgan fingerprint density at radius 1 is 1.27 bits per heavy atom. The Hall–Kier alpha value is -2.83. The van der Waals surface area contributed by atoms with Gasteiger partial charge in [-0.05, 0) is 38.8 Å². The molecule has 138 valence electrons. The van der Waals surface area contributed by atoms with Crippen LogP contribution in [-0.4, -0.2) is 40.2 Å². The predicted molar refractivity (Wildman–Crippen MR) is 100 cm³/mol. The van der Waals surface area contributed by atoms with Crippen LogP contribution in [0.1, 0.15) is 26.7 Å². The summed E-state index contributed by atoms with van der Waals surface area (Å²) >= 11 is 0. The first-order valence-corrected chi connectivity index (χ1v) is 8.85. The molecule has 2 aromatic rings. The van der Waals surface area contributed by atoms with E-state index >= 15 is 0 Å². The quantitative estimate of drug-likeness (QED) is 0.821. The van der Waals surface area contributed by atoms with Crippen LogP contribution in [0.15, 0.2) is 36.7 Å². The Bertz CT molecular complexity index is 758. The maximum atomic E-state index is 11.1. The smallest absolute Gasteiger partial charge is 0.306 e. The van der Waals surface area contributed by atoms with Gasteiger partial charge in [0, 0.05) is 19.2 Å². The maximum absolute atomic E-state index is 11.1. The number of rotatable bonds is 6. The lowest BCUT2D eigenvalue weighted by molar-refractivity contribution is -0.142. The molecule has 0 unspecified atom stereocenters. The number of hydrogen-bond donors (Lipinski definition) is 2. The van der Waals surface area contributed by atoms with Gasteiger partial charge < -0.3 is 20.1 Å². The van der Waals surface area contributed by atoms with E-state index in [1.807, 2.05) is 44.2 Å². The number of para-hydroxylation sites is 2. The van der Waals surface area contributed by atoms with Crippen molar-refractivity contribution in [2.45, 2.75) is 32.8 Å². The highest BCUT2D eigenvalue weighted by molar-refractivity contribution is 5.70. The van der Waals surface area contributed by atoms with Gasteiger partial charge in [0.15, 0.2) is 0 Å². The average molecular weight is 356 g/mol. The van der Waals surface area contributed by atoms with Gasteiger partial charge in [-0.1, -0.05) is 12.1 Å². The second kappa shape index (κ2) is 8.03. The summed E-state index contributed by atoms with van der Waals surface area (Å²) in [7, 11) is 0. The summed E-state index contributed by atoms with van der Waals surface area (Å²) in [5.74, 6) is 1.27. The maximum Gasteiger partial charge on any atom is 0.306 e. The number of carbonyl (C=O) groups is 1. The molecule has 26 heavy (non-hydrogen) atoms. The molecule has 0 saturated carbocycles. The monoisotopic (exact) mass is 356 g/mol. The Kier molecular flexibility index (Phi) is 5.55. The summed E-state index contributed by atoms with van der Waals surface area (Å²) in [6.45, 7) is 5.33. The van der Waals surface area contributed by atoms with Crippen molar-refractivity contribution in [2.24, 2.45) is 5.92 Å². The number of aliphatic carboxylic acids is 1. The zero-order valence-corrected chi connectivity index (χ0v) is 15.1. The lowest BCUT2D eigenvalue weighted by Gasteiger charge is -2.31. The number of nitrogens with zero attached hydrogens (tertiary/aromatic N) is 3. The normalized spacial score (nSPS) is 15.1. The van der Waals surface area contributed by atoms with E-state index in [4.69, 9.17) is 9.84 Å². The molecular formula is C19H24N4O3. The van der Waals surface area contributed by atoms with Gasteiger partial charge in [0.05, 0.1) is 17.7 Å². The van der Waals surface area contributed by atoms with E-state index in [0.717, 1.165) is 17.3 Å². The van der Waals surface area contributed by atoms with Crippen molar-refractivity contribution >= 4 is 23.3 Å². The zero-order valence-electron chi connectivity index (χ0n) is 15.1. The highest BCUT2D eigenvalue weighted by Gasteiger charge is 2.25. The first-order valence-electron chi connectivity index (χ1n) is 8.85. The van der Waals surface area contributed by atoms with Crippen molar-refractivity contribution in [3.05, 3.63) is 36.7 Å². The number of carboxylic acid groups (broad SMARTS) is 1. The first kappa shape index (κ1) is 18.0. The molecule has 1 aliphatic rings. The molecule has 0 aliphatic carbocycles. The van der Waals surface area contributed by atoms with Crippen LogP contribution in [0, 0.1) is 5.92 Å². The lowest BCUT2D eigenvalue weighted by Crippen LogP contribution is -2.36. The Labute approximate surface area is 153 Å². The van der Waals surface area contributed by atoms with Crippen LogP contribution in [-0.2, 0) is 4.79 Å². The molecule has 3 rings (SSSR count). The zero-order chi connectivity index (χ0) is 18.5. The summed E-state index contributed by atoms with van der Waals surface area (Å²) in [6, 6.07) is 9.61. The van der Waals surface area contributed by atoms with E-state index in [1.165, 1.54) is 6.33 Å². The molecule has 1 fully saturated rings. The Morgan fingerprint density at radius 2 is 2.00 bits per heavy atom. The molecule has 7 nitrogen and oxygen atoms in total. The Morgan fingerprint density at radius 3 is 2.69 bits per heavy atom. The number of benzene rings is 1. The van der Waals surface area contributed by atoms with E-state index in [0.29, 0.717) is 31.7 Å². The number of hydrogen-bond acceptors (Lipinski definition) is 6. The number of aromatic nitrogens is 2. The fourth-order valence-corrected chi connectivity index (χ4v) is 3.01. The molecule has 0 bridgehead atoms. The minimum atomic E-state index is -0.712. The summed E-state index contributed by atoms with van der Waals surface area (Å²) in [5, 5.41) is 12.4. The van der Waals surface area contributed by atoms with Crippen molar-refractivity contribution < 1.29 is 14.6 Å². The second-order valence-electron chi connectivity index (χ2n) is 6.65. The largest absolute Gasteiger partial charge is 0.489 e. The molecule has 1 saturated heterocycles. The van der Waals surface area contributed by atoms with Gasteiger partial charge in [-0.25, -0.2) is 9.97 Å². The highest BCUT2D eigenvalue weighted by atomic mass is 16.5. The number of nitrogens with one attached hydrogen (secondary N) is 1. The van der Waals surface area contributed by atoms with E-state index in [1.54, 1.807) is 0 Å². The average Bonchev–Trinajstić information content (AvgIpc) is 2.63. The van der Waals surface area contributed by atoms with Gasteiger partial charge in [0.25, 0.3) is 0 Å². The number of ether oxygens (including phenoxy) is 1. The van der Waals surface area contributed by atoms with Crippen LogP contribution >= 0.6 is 0 Å². The lowest BCUT2D eigenvalue weighted by atomic mass is 9.97. The van der Waals surface area contributed by atoms with Crippen LogP contribution in [0.4, 0.5) is 17.3 Å². The van der Waals surface area contributed by atoms with Crippen molar-refractivity contribution in [1.29, 1.82) is 0 Å². The minimum Gasteiger partial charge on any atom is -0.489 e. The molecule has 7 heteroatoms. The summed E-state index contributed by atoms with van der Waals surface area (Å²) in [6.07, 6.45) is 2.86. The van der Waals surface area contributed by atoms with Crippen LogP contribution in [0.5, 0.6) is 5.75 Å². The Balaban J connectivity index is 1.72. The summed E-state index contributed by atoms with van der Waals surface area (Å²) in [5.41, 5.74) is 0.843. The van der Waals surface area contributed by atoms with Crippen LogP contribution in [0.25, 0.3) is 0 Å². The first-order chi connectivity index (χ1) is 12.5. The molecule has 1 aromatic heterocycles. The van der Waals surface area contributed by atoms with Gasteiger partial charge in [-0.3, -0.25) is 4.79 Å². The summed E-state index contributed by atoms with van der Waals surface area (Å²) in [4.78, 5) is 21.8. The van der Waals surface area contributed by atoms with Crippen molar-refractivity contribution in [2.75, 3.05) is 23.3 Å². The van der Waals surface area contributed by atoms with E-state index in [-0.39, 0.29) is 12.0 Å². The summed E-state index contributed by atoms with van der Waals surface area (Å²) < 4.78 is 5.83. The predicted octanol–water partition coefficient (Wildman–Crippen LogP) is 3.31. The van der Waals surface area contributed by atoms with Crippen molar-refractivity contribution in [3.8, 4) is 5.75 Å². The molecule has 2 N–H and O–H groups in total. The molecule has 0 atom stereocenters. The van der Waals surface area contributed by atoms with Gasteiger partial charge in [0.1, 0.15) is 23.7 Å². The molecule has 0 spiro atoms. The van der Waals surface area contributed by atoms with E-state index in [9.17, 15) is 4.79 Å². The van der Waals surface area contributed by atoms with Gasteiger partial charge in [-0.2, -0.15) is 0 Å². The minimum absolute atomic E-state index is 0.0782. The van der Waals surface area contributed by atoms with Gasteiger partial charge in [0.2, 0.25) is 0 Å². The molecule has 0 radical (unpaired) electrons. The van der Waals surface area contributed by atoms with E-state index in [2.05, 4.69) is 20.2 Å². The third kappa shape index (κ3) is 4.41. The topological polar surface area (TPSA) is 87.6 Å². The molecule has 1 aliphatic heterocycles. The van der Waals surface area contributed by atoms with Crippen LogP contribution in [0.2, 0.25) is 0 Å². The molecule has 2 heterocycles. The van der Waals surface area contributed by atoms with Crippen LogP contribution < -0.4 is 15.0 Å². The third-order valence-corrected chi connectivity index (χ3v) is 4.33. The number of anilines is 3. The van der Waals surface area contributed by atoms with Crippen LogP contribution in [0.3, 0.4) is 0 Å². The standard InChI is InChI=1S/C19H24N4O3/c1-13(2)26-16-6-4-3-5-15(16)22-17-11-18(21-12-20-17)23-9-7-14(8-10-23)19(24)25/h3-6,11-14H,7-10H2,1-2H3,(H,24,25)(H,20,21,22). The molecule has 0 amide bonds. The second-order valence-corrected chi connectivity index (χ2v) is 6.65. The fourth-order valence-electron chi connectivity index (χ4n) is 3.01. The SMILES string of the molecule is CC(C)Oc1ccccc1Nc1cc(N2CCC(C(=O)O)CC2)ncn1. The molecule has 1 aromatic carbocycles. The third-order valence-electron chi connectivity index (χ3n) is 4.33. The number of carboxylic acids is 1. The van der Waals surface area contributed by atoms with Crippen molar-refractivity contribution in [3.63, 3.8) is 0 Å². The van der Waals surface area contributed by atoms with Gasteiger partial charge in [-0.15, -0.1) is 0 Å². The highest BCUT2D eigenvalue weighted by Crippen LogP contribution is 2.29. The number of piperidine rings is 1.